The fourth-order valence-electron chi connectivity index (χ4n) is 2.92. The van der Waals surface area contributed by atoms with Crippen molar-refractivity contribution >= 4 is 35.8 Å². The molecule has 0 saturated carbocycles. The lowest BCUT2D eigenvalue weighted by Crippen LogP contribution is -2.43. The predicted octanol–water partition coefficient (Wildman–Crippen LogP) is 3.36. The van der Waals surface area contributed by atoms with Gasteiger partial charge < -0.3 is 19.9 Å². The van der Waals surface area contributed by atoms with Crippen molar-refractivity contribution in [3.8, 4) is 0 Å². The van der Waals surface area contributed by atoms with E-state index in [0.717, 1.165) is 38.0 Å². The highest BCUT2D eigenvalue weighted by molar-refractivity contribution is 14.0. The number of carbonyl (C=O) groups is 1. The van der Waals surface area contributed by atoms with Gasteiger partial charge in [-0.3, -0.25) is 4.79 Å². The zero-order chi connectivity index (χ0) is 21.4. The van der Waals surface area contributed by atoms with E-state index in [9.17, 15) is 18.0 Å². The Kier molecular flexibility index (Phi) is 10.9. The Bertz CT molecular complexity index is 690. The van der Waals surface area contributed by atoms with E-state index < -0.39 is 11.7 Å². The first-order chi connectivity index (χ1) is 13.7. The molecule has 1 amide bonds. The van der Waals surface area contributed by atoms with Gasteiger partial charge in [0.25, 0.3) is 0 Å². The van der Waals surface area contributed by atoms with Crippen molar-refractivity contribution in [2.75, 3.05) is 40.8 Å². The largest absolute Gasteiger partial charge is 0.416 e. The average molecular weight is 542 g/mol. The molecule has 1 N–H and O–H groups in total. The molecule has 1 atom stereocenters. The smallest absolute Gasteiger partial charge is 0.376 e. The standard InChI is InChI=1S/C20H29F3N4O2.HI/c1-26(2)18(28)13-25-19(24-12-17-6-4-5-11-29-17)27(3)14-15-7-9-16(10-8-15)20(21,22)23;/h7-10,17H,4-6,11-14H2,1-3H3,(H,24,25);1H. The zero-order valence-electron chi connectivity index (χ0n) is 17.5. The minimum absolute atomic E-state index is 0. The number of halogens is 4. The summed E-state index contributed by atoms with van der Waals surface area (Å²) in [5.41, 5.74) is 0.0322. The number of benzene rings is 1. The average Bonchev–Trinajstić information content (AvgIpc) is 2.68. The van der Waals surface area contributed by atoms with Crippen molar-refractivity contribution in [2.45, 2.75) is 38.1 Å². The van der Waals surface area contributed by atoms with E-state index in [0.29, 0.717) is 24.6 Å². The SMILES string of the molecule is CN(C)C(=O)CN=C(NCC1CCCCO1)N(C)Cc1ccc(C(F)(F)F)cc1.I. The van der Waals surface area contributed by atoms with Crippen LogP contribution in [0.5, 0.6) is 0 Å². The summed E-state index contributed by atoms with van der Waals surface area (Å²) in [6.45, 7) is 1.63. The number of hydrogen-bond acceptors (Lipinski definition) is 3. The molecule has 170 valence electrons. The molecule has 1 unspecified atom stereocenters. The van der Waals surface area contributed by atoms with Gasteiger partial charge in [0.1, 0.15) is 6.54 Å². The summed E-state index contributed by atoms with van der Waals surface area (Å²) in [5.74, 6) is 0.371. The summed E-state index contributed by atoms with van der Waals surface area (Å²) < 4.78 is 43.9. The van der Waals surface area contributed by atoms with Crippen LogP contribution in [-0.2, 0) is 22.3 Å². The number of rotatable bonds is 6. The van der Waals surface area contributed by atoms with Gasteiger partial charge in [0.15, 0.2) is 5.96 Å². The van der Waals surface area contributed by atoms with Gasteiger partial charge in [-0.2, -0.15) is 13.2 Å². The van der Waals surface area contributed by atoms with Gasteiger partial charge in [-0.25, -0.2) is 4.99 Å². The van der Waals surface area contributed by atoms with E-state index in [1.165, 1.54) is 17.0 Å². The maximum Gasteiger partial charge on any atom is 0.416 e. The molecule has 1 aliphatic heterocycles. The summed E-state index contributed by atoms with van der Waals surface area (Å²) in [4.78, 5) is 19.5. The highest BCUT2D eigenvalue weighted by Gasteiger charge is 2.30. The highest BCUT2D eigenvalue weighted by atomic mass is 127. The molecule has 0 spiro atoms. The minimum atomic E-state index is -4.36. The van der Waals surface area contributed by atoms with E-state index >= 15 is 0 Å². The van der Waals surface area contributed by atoms with E-state index in [1.54, 1.807) is 26.0 Å². The molecule has 2 rings (SSSR count). The van der Waals surface area contributed by atoms with Crippen LogP contribution in [0.4, 0.5) is 13.2 Å². The molecule has 1 fully saturated rings. The third-order valence-electron chi connectivity index (χ3n) is 4.69. The van der Waals surface area contributed by atoms with Gasteiger partial charge in [0.05, 0.1) is 11.7 Å². The Morgan fingerprint density at radius 3 is 2.40 bits per heavy atom. The molecule has 0 radical (unpaired) electrons. The third-order valence-corrected chi connectivity index (χ3v) is 4.69. The molecular formula is C20H30F3IN4O2. The quantitative estimate of drug-likeness (QED) is 0.341. The summed E-state index contributed by atoms with van der Waals surface area (Å²) in [7, 11) is 5.10. The Morgan fingerprint density at radius 1 is 1.20 bits per heavy atom. The van der Waals surface area contributed by atoms with Crippen LogP contribution >= 0.6 is 24.0 Å². The summed E-state index contributed by atoms with van der Waals surface area (Å²) in [5, 5.41) is 3.24. The van der Waals surface area contributed by atoms with Crippen LogP contribution in [0.2, 0.25) is 0 Å². The molecule has 1 heterocycles. The molecule has 1 aliphatic rings. The van der Waals surface area contributed by atoms with E-state index in [-0.39, 0.29) is 42.5 Å². The molecule has 30 heavy (non-hydrogen) atoms. The van der Waals surface area contributed by atoms with E-state index in [4.69, 9.17) is 4.74 Å². The van der Waals surface area contributed by atoms with Crippen molar-refractivity contribution in [1.82, 2.24) is 15.1 Å². The number of aliphatic imine (C=N–C) groups is 1. The second-order valence-electron chi connectivity index (χ2n) is 7.35. The molecule has 0 aromatic heterocycles. The molecular weight excluding hydrogens is 512 g/mol. The molecule has 1 saturated heterocycles. The maximum atomic E-state index is 12.7. The van der Waals surface area contributed by atoms with Gasteiger partial charge in [0.2, 0.25) is 5.91 Å². The predicted molar refractivity (Wildman–Crippen MR) is 121 cm³/mol. The fraction of sp³-hybridized carbons (Fsp3) is 0.600. The molecule has 0 aliphatic carbocycles. The van der Waals surface area contributed by atoms with Crippen LogP contribution in [0.3, 0.4) is 0 Å². The van der Waals surface area contributed by atoms with E-state index in [1.807, 2.05) is 0 Å². The van der Waals surface area contributed by atoms with Crippen molar-refractivity contribution in [2.24, 2.45) is 4.99 Å². The Morgan fingerprint density at radius 2 is 1.87 bits per heavy atom. The van der Waals surface area contributed by atoms with Gasteiger partial charge in [-0.15, -0.1) is 24.0 Å². The van der Waals surface area contributed by atoms with Crippen LogP contribution in [0.25, 0.3) is 0 Å². The Labute approximate surface area is 192 Å². The van der Waals surface area contributed by atoms with E-state index in [2.05, 4.69) is 10.3 Å². The monoisotopic (exact) mass is 542 g/mol. The van der Waals surface area contributed by atoms with Crippen molar-refractivity contribution in [1.29, 1.82) is 0 Å². The second kappa shape index (κ2) is 12.3. The topological polar surface area (TPSA) is 57.2 Å². The van der Waals surface area contributed by atoms with Crippen molar-refractivity contribution in [3.05, 3.63) is 35.4 Å². The highest BCUT2D eigenvalue weighted by Crippen LogP contribution is 2.29. The number of alkyl halides is 3. The number of amides is 1. The number of nitrogens with zero attached hydrogens (tertiary/aromatic N) is 3. The number of likely N-dealkylation sites (N-methyl/N-ethyl adjacent to an activating group) is 1. The van der Waals surface area contributed by atoms with Crippen LogP contribution in [0.15, 0.2) is 29.3 Å². The maximum absolute atomic E-state index is 12.7. The normalized spacial score (nSPS) is 17.1. The summed E-state index contributed by atoms with van der Waals surface area (Å²) in [6, 6.07) is 5.04. The van der Waals surface area contributed by atoms with Gasteiger partial charge in [-0.05, 0) is 37.0 Å². The van der Waals surface area contributed by atoms with Crippen LogP contribution in [-0.4, -0.2) is 68.6 Å². The molecule has 0 bridgehead atoms. The first-order valence-electron chi connectivity index (χ1n) is 9.64. The van der Waals surface area contributed by atoms with Crippen molar-refractivity contribution < 1.29 is 22.7 Å². The van der Waals surface area contributed by atoms with Crippen LogP contribution < -0.4 is 5.32 Å². The Balaban J connectivity index is 0.00000450. The first-order valence-corrected chi connectivity index (χ1v) is 9.64. The number of ether oxygens (including phenoxy) is 1. The van der Waals surface area contributed by atoms with Crippen LogP contribution in [0.1, 0.15) is 30.4 Å². The zero-order valence-corrected chi connectivity index (χ0v) is 19.9. The Hall–Kier alpha value is -1.56. The molecule has 6 nitrogen and oxygen atoms in total. The minimum Gasteiger partial charge on any atom is -0.376 e. The van der Waals surface area contributed by atoms with Gasteiger partial charge >= 0.3 is 6.18 Å². The number of carbonyl (C=O) groups excluding carboxylic acids is 1. The van der Waals surface area contributed by atoms with Crippen LogP contribution in [0, 0.1) is 0 Å². The van der Waals surface area contributed by atoms with Crippen molar-refractivity contribution in [3.63, 3.8) is 0 Å². The number of guanidine groups is 1. The van der Waals surface area contributed by atoms with Gasteiger partial charge in [0, 0.05) is 40.8 Å². The first kappa shape index (κ1) is 26.5. The lowest BCUT2D eigenvalue weighted by atomic mass is 10.1. The summed E-state index contributed by atoms with van der Waals surface area (Å²) >= 11 is 0. The van der Waals surface area contributed by atoms with Gasteiger partial charge in [-0.1, -0.05) is 12.1 Å². The second-order valence-corrected chi connectivity index (χ2v) is 7.35. The third kappa shape index (κ3) is 8.66. The summed E-state index contributed by atoms with van der Waals surface area (Å²) in [6.07, 6.45) is -1.15. The lowest BCUT2D eigenvalue weighted by Gasteiger charge is -2.27. The molecule has 10 heteroatoms. The number of nitrogens with one attached hydrogen (secondary N) is 1. The molecule has 1 aromatic rings. The number of hydrogen-bond donors (Lipinski definition) is 1. The lowest BCUT2D eigenvalue weighted by molar-refractivity contribution is -0.137. The fourth-order valence-corrected chi connectivity index (χ4v) is 2.92. The molecule has 1 aromatic carbocycles.